The molecule has 0 saturated carbocycles. The fourth-order valence-corrected chi connectivity index (χ4v) is 2.60. The molecule has 1 aliphatic rings. The number of carbonyl (C=O) groups excluding carboxylic acids is 2. The highest BCUT2D eigenvalue weighted by Crippen LogP contribution is 2.27. The molecule has 2 amide bonds. The van der Waals surface area contributed by atoms with Crippen LogP contribution in [-0.4, -0.2) is 24.1 Å². The van der Waals surface area contributed by atoms with Crippen LogP contribution in [0.5, 0.6) is 0 Å². The first kappa shape index (κ1) is 16.7. The molecular formula is C19H19N3O3. The number of para-hydroxylation sites is 1. The SMILES string of the molecule is CCNC(=O)c1ccccc1NC(=O)C1=NOC(c2ccccc2)C1. The molecule has 6 heteroatoms. The van der Waals surface area contributed by atoms with Crippen LogP contribution in [0.3, 0.4) is 0 Å². The fraction of sp³-hybridized carbons (Fsp3) is 0.211. The Morgan fingerprint density at radius 1 is 1.08 bits per heavy atom. The van der Waals surface area contributed by atoms with Crippen molar-refractivity contribution in [3.8, 4) is 0 Å². The van der Waals surface area contributed by atoms with E-state index in [1.54, 1.807) is 24.3 Å². The molecule has 0 aromatic heterocycles. The third-order valence-electron chi connectivity index (χ3n) is 3.86. The van der Waals surface area contributed by atoms with Crippen molar-refractivity contribution >= 4 is 23.2 Å². The Hall–Kier alpha value is -3.15. The zero-order chi connectivity index (χ0) is 17.6. The maximum absolute atomic E-state index is 12.5. The topological polar surface area (TPSA) is 79.8 Å². The summed E-state index contributed by atoms with van der Waals surface area (Å²) in [5, 5.41) is 9.39. The molecule has 0 saturated heterocycles. The second-order valence-electron chi connectivity index (χ2n) is 5.61. The number of oxime groups is 1. The summed E-state index contributed by atoms with van der Waals surface area (Å²) in [5.74, 6) is -0.597. The van der Waals surface area contributed by atoms with E-state index in [0.29, 0.717) is 29.9 Å². The van der Waals surface area contributed by atoms with E-state index in [0.717, 1.165) is 5.56 Å². The molecule has 2 N–H and O–H groups in total. The van der Waals surface area contributed by atoms with Gasteiger partial charge in [-0.1, -0.05) is 47.6 Å². The first-order valence-electron chi connectivity index (χ1n) is 8.15. The zero-order valence-electron chi connectivity index (χ0n) is 13.9. The number of hydrogen-bond acceptors (Lipinski definition) is 4. The van der Waals surface area contributed by atoms with E-state index in [1.807, 2.05) is 37.3 Å². The number of nitrogens with one attached hydrogen (secondary N) is 2. The lowest BCUT2D eigenvalue weighted by molar-refractivity contribution is -0.110. The van der Waals surface area contributed by atoms with Crippen molar-refractivity contribution in [1.29, 1.82) is 0 Å². The molecule has 0 fully saturated rings. The van der Waals surface area contributed by atoms with E-state index in [4.69, 9.17) is 4.84 Å². The Kier molecular flexibility index (Phi) is 5.09. The number of rotatable bonds is 5. The number of nitrogens with zero attached hydrogens (tertiary/aromatic N) is 1. The summed E-state index contributed by atoms with van der Waals surface area (Å²) in [6.45, 7) is 2.35. The van der Waals surface area contributed by atoms with Crippen molar-refractivity contribution in [2.75, 3.05) is 11.9 Å². The van der Waals surface area contributed by atoms with Gasteiger partial charge in [0.25, 0.3) is 11.8 Å². The van der Waals surface area contributed by atoms with Gasteiger partial charge in [0, 0.05) is 13.0 Å². The Balaban J connectivity index is 1.69. The summed E-state index contributed by atoms with van der Waals surface area (Å²) in [4.78, 5) is 29.9. The summed E-state index contributed by atoms with van der Waals surface area (Å²) in [6.07, 6.45) is 0.125. The van der Waals surface area contributed by atoms with Crippen molar-refractivity contribution < 1.29 is 14.4 Å². The van der Waals surface area contributed by atoms with Crippen LogP contribution in [-0.2, 0) is 9.63 Å². The van der Waals surface area contributed by atoms with Gasteiger partial charge in [-0.05, 0) is 24.6 Å². The highest BCUT2D eigenvalue weighted by Gasteiger charge is 2.27. The summed E-state index contributed by atoms with van der Waals surface area (Å²) >= 11 is 0. The van der Waals surface area contributed by atoms with E-state index >= 15 is 0 Å². The van der Waals surface area contributed by atoms with Crippen molar-refractivity contribution in [2.24, 2.45) is 5.16 Å². The van der Waals surface area contributed by atoms with Crippen LogP contribution in [0.1, 0.15) is 35.4 Å². The largest absolute Gasteiger partial charge is 0.387 e. The van der Waals surface area contributed by atoms with Gasteiger partial charge in [0.2, 0.25) is 0 Å². The molecule has 1 atom stereocenters. The molecule has 0 aliphatic carbocycles. The smallest absolute Gasteiger partial charge is 0.273 e. The Morgan fingerprint density at radius 2 is 1.80 bits per heavy atom. The van der Waals surface area contributed by atoms with E-state index < -0.39 is 0 Å². The predicted octanol–water partition coefficient (Wildman–Crippen LogP) is 2.89. The molecule has 0 radical (unpaired) electrons. The van der Waals surface area contributed by atoms with Gasteiger partial charge < -0.3 is 15.5 Å². The number of anilines is 1. The summed E-state index contributed by atoms with van der Waals surface area (Å²) in [5.41, 5.74) is 2.14. The number of hydrogen-bond donors (Lipinski definition) is 2. The van der Waals surface area contributed by atoms with Crippen molar-refractivity contribution in [3.05, 3.63) is 65.7 Å². The molecular weight excluding hydrogens is 318 g/mol. The van der Waals surface area contributed by atoms with Gasteiger partial charge in [0.1, 0.15) is 5.71 Å². The van der Waals surface area contributed by atoms with Crippen molar-refractivity contribution in [1.82, 2.24) is 5.32 Å². The van der Waals surface area contributed by atoms with Gasteiger partial charge in [0.15, 0.2) is 6.10 Å². The molecule has 25 heavy (non-hydrogen) atoms. The predicted molar refractivity (Wildman–Crippen MR) is 95.4 cm³/mol. The van der Waals surface area contributed by atoms with Gasteiger partial charge in [-0.3, -0.25) is 9.59 Å². The summed E-state index contributed by atoms with van der Waals surface area (Å²) < 4.78 is 0. The Bertz CT molecular complexity index is 803. The zero-order valence-corrected chi connectivity index (χ0v) is 13.9. The molecule has 1 heterocycles. The lowest BCUT2D eigenvalue weighted by atomic mass is 10.0. The van der Waals surface area contributed by atoms with E-state index in [2.05, 4.69) is 15.8 Å². The molecule has 0 bridgehead atoms. The molecule has 3 rings (SSSR count). The monoisotopic (exact) mass is 337 g/mol. The molecule has 6 nitrogen and oxygen atoms in total. The standard InChI is InChI=1S/C19H19N3O3/c1-2-20-18(23)14-10-6-7-11-15(14)21-19(24)16-12-17(25-22-16)13-8-4-3-5-9-13/h3-11,17H,2,12H2,1H3,(H,20,23)(H,21,24). The van der Waals surface area contributed by atoms with Crippen molar-refractivity contribution in [2.45, 2.75) is 19.4 Å². The second-order valence-corrected chi connectivity index (χ2v) is 5.61. The van der Waals surface area contributed by atoms with Gasteiger partial charge in [-0.2, -0.15) is 0 Å². The number of amides is 2. The van der Waals surface area contributed by atoms with Gasteiger partial charge in [-0.25, -0.2) is 0 Å². The van der Waals surface area contributed by atoms with Crippen LogP contribution in [0.4, 0.5) is 5.69 Å². The minimum Gasteiger partial charge on any atom is -0.387 e. The van der Waals surface area contributed by atoms with E-state index in [-0.39, 0.29) is 17.9 Å². The van der Waals surface area contributed by atoms with Crippen molar-refractivity contribution in [3.63, 3.8) is 0 Å². The van der Waals surface area contributed by atoms with E-state index in [1.165, 1.54) is 0 Å². The third-order valence-corrected chi connectivity index (χ3v) is 3.86. The highest BCUT2D eigenvalue weighted by molar-refractivity contribution is 6.43. The van der Waals surface area contributed by atoms with Gasteiger partial charge in [-0.15, -0.1) is 0 Å². The van der Waals surface area contributed by atoms with Gasteiger partial charge in [0.05, 0.1) is 11.3 Å². The van der Waals surface area contributed by atoms with Crippen LogP contribution < -0.4 is 10.6 Å². The van der Waals surface area contributed by atoms with Crippen LogP contribution in [0, 0.1) is 0 Å². The molecule has 1 unspecified atom stereocenters. The van der Waals surface area contributed by atoms with Crippen LogP contribution in [0.15, 0.2) is 59.8 Å². The normalized spacial score (nSPS) is 15.9. The Labute approximate surface area is 145 Å². The van der Waals surface area contributed by atoms with Crippen LogP contribution >= 0.6 is 0 Å². The summed E-state index contributed by atoms with van der Waals surface area (Å²) in [7, 11) is 0. The molecule has 2 aromatic rings. The van der Waals surface area contributed by atoms with Crippen LogP contribution in [0.2, 0.25) is 0 Å². The summed E-state index contributed by atoms with van der Waals surface area (Å²) in [6, 6.07) is 16.5. The lowest BCUT2D eigenvalue weighted by Crippen LogP contribution is -2.27. The average Bonchev–Trinajstić information content (AvgIpc) is 3.13. The Morgan fingerprint density at radius 3 is 2.56 bits per heavy atom. The van der Waals surface area contributed by atoms with Crippen LogP contribution in [0.25, 0.3) is 0 Å². The maximum Gasteiger partial charge on any atom is 0.273 e. The fourth-order valence-electron chi connectivity index (χ4n) is 2.60. The van der Waals surface area contributed by atoms with Gasteiger partial charge >= 0.3 is 0 Å². The highest BCUT2D eigenvalue weighted by atomic mass is 16.6. The first-order valence-corrected chi connectivity index (χ1v) is 8.15. The maximum atomic E-state index is 12.5. The number of carbonyl (C=O) groups is 2. The lowest BCUT2D eigenvalue weighted by Gasteiger charge is -2.10. The molecule has 0 spiro atoms. The van der Waals surface area contributed by atoms with E-state index in [9.17, 15) is 9.59 Å². The minimum atomic E-state index is -0.366. The second kappa shape index (κ2) is 7.61. The minimum absolute atomic E-state index is 0.231. The molecule has 2 aromatic carbocycles. The quantitative estimate of drug-likeness (QED) is 0.880. The average molecular weight is 337 g/mol. The number of benzene rings is 2. The third kappa shape index (κ3) is 3.85. The molecule has 1 aliphatic heterocycles. The molecule has 128 valence electrons. The first-order chi connectivity index (χ1) is 12.2.